The van der Waals surface area contributed by atoms with Gasteiger partial charge < -0.3 is 4.74 Å². The second-order valence-corrected chi connectivity index (χ2v) is 5.11. The molecule has 0 saturated carbocycles. The largest absolute Gasteiger partial charge is 0.487 e. The third-order valence-corrected chi connectivity index (χ3v) is 2.36. The third-order valence-electron chi connectivity index (χ3n) is 1.86. The van der Waals surface area contributed by atoms with Crippen molar-refractivity contribution in [2.75, 3.05) is 0 Å². The van der Waals surface area contributed by atoms with Gasteiger partial charge in [0.15, 0.2) is 0 Å². The SMILES string of the molecule is CC(=O)CC(C)(C)Oc1cccc(Br)c1. The minimum atomic E-state index is -0.452. The van der Waals surface area contributed by atoms with Crippen molar-refractivity contribution < 1.29 is 9.53 Å². The molecule has 1 aromatic rings. The summed E-state index contributed by atoms with van der Waals surface area (Å²) in [5.74, 6) is 0.908. The van der Waals surface area contributed by atoms with Crippen LogP contribution in [0.15, 0.2) is 28.7 Å². The van der Waals surface area contributed by atoms with E-state index in [-0.39, 0.29) is 5.78 Å². The van der Waals surface area contributed by atoms with Gasteiger partial charge in [0.25, 0.3) is 0 Å². The third kappa shape index (κ3) is 4.47. The summed E-state index contributed by atoms with van der Waals surface area (Å²) in [7, 11) is 0. The summed E-state index contributed by atoms with van der Waals surface area (Å²) >= 11 is 3.37. The van der Waals surface area contributed by atoms with Gasteiger partial charge in [-0.2, -0.15) is 0 Å². The van der Waals surface area contributed by atoms with Crippen molar-refractivity contribution in [1.82, 2.24) is 0 Å². The molecule has 1 aromatic carbocycles. The topological polar surface area (TPSA) is 26.3 Å². The van der Waals surface area contributed by atoms with E-state index in [1.165, 1.54) is 0 Å². The number of ether oxygens (including phenoxy) is 1. The van der Waals surface area contributed by atoms with Crippen molar-refractivity contribution >= 4 is 21.7 Å². The van der Waals surface area contributed by atoms with Crippen molar-refractivity contribution in [1.29, 1.82) is 0 Å². The molecule has 0 heterocycles. The molecule has 0 unspecified atom stereocenters. The van der Waals surface area contributed by atoms with Crippen LogP contribution < -0.4 is 4.74 Å². The minimum absolute atomic E-state index is 0.134. The van der Waals surface area contributed by atoms with Gasteiger partial charge in [-0.05, 0) is 39.0 Å². The van der Waals surface area contributed by atoms with Gasteiger partial charge >= 0.3 is 0 Å². The van der Waals surface area contributed by atoms with Gasteiger partial charge in [-0.15, -0.1) is 0 Å². The normalized spacial score (nSPS) is 11.2. The van der Waals surface area contributed by atoms with E-state index < -0.39 is 5.60 Å². The molecule has 0 aromatic heterocycles. The molecule has 3 heteroatoms. The average Bonchev–Trinajstić information content (AvgIpc) is 1.99. The fourth-order valence-electron chi connectivity index (χ4n) is 1.49. The summed E-state index contributed by atoms with van der Waals surface area (Å²) in [4.78, 5) is 11.0. The molecule has 0 N–H and O–H groups in total. The Morgan fingerprint density at radius 1 is 1.47 bits per heavy atom. The maximum Gasteiger partial charge on any atom is 0.133 e. The zero-order valence-corrected chi connectivity index (χ0v) is 10.8. The first-order valence-electron chi connectivity index (χ1n) is 4.83. The lowest BCUT2D eigenvalue weighted by atomic mass is 10.0. The lowest BCUT2D eigenvalue weighted by Gasteiger charge is -2.25. The minimum Gasteiger partial charge on any atom is -0.487 e. The molecule has 0 saturated heterocycles. The Balaban J connectivity index is 2.72. The van der Waals surface area contributed by atoms with Crippen molar-refractivity contribution in [2.24, 2.45) is 0 Å². The zero-order chi connectivity index (χ0) is 11.5. The number of carbonyl (C=O) groups is 1. The Bertz CT molecular complexity index is 358. The van der Waals surface area contributed by atoms with Crippen molar-refractivity contribution in [3.05, 3.63) is 28.7 Å². The number of hydrogen-bond acceptors (Lipinski definition) is 2. The molecule has 2 nitrogen and oxygen atoms in total. The summed E-state index contributed by atoms with van der Waals surface area (Å²) in [6, 6.07) is 7.61. The Hall–Kier alpha value is -0.830. The molecular weight excluding hydrogens is 256 g/mol. The van der Waals surface area contributed by atoms with Gasteiger partial charge in [0.05, 0.1) is 0 Å². The predicted molar refractivity (Wildman–Crippen MR) is 64.1 cm³/mol. The lowest BCUT2D eigenvalue weighted by Crippen LogP contribution is -2.30. The van der Waals surface area contributed by atoms with Gasteiger partial charge in [0.2, 0.25) is 0 Å². The highest BCUT2D eigenvalue weighted by Crippen LogP contribution is 2.24. The number of carbonyl (C=O) groups excluding carboxylic acids is 1. The number of Topliss-reactive ketones (excluding diaryl/α,β-unsaturated/α-hetero) is 1. The van der Waals surface area contributed by atoms with Gasteiger partial charge in [-0.25, -0.2) is 0 Å². The van der Waals surface area contributed by atoms with Gasteiger partial charge in [-0.1, -0.05) is 22.0 Å². The van der Waals surface area contributed by atoms with Crippen LogP contribution in [0.25, 0.3) is 0 Å². The smallest absolute Gasteiger partial charge is 0.133 e. The zero-order valence-electron chi connectivity index (χ0n) is 9.21. The number of benzene rings is 1. The predicted octanol–water partition coefficient (Wildman–Crippen LogP) is 3.59. The van der Waals surface area contributed by atoms with Crippen LogP contribution in [0.3, 0.4) is 0 Å². The van der Waals surface area contributed by atoms with Gasteiger partial charge in [-0.3, -0.25) is 4.79 Å². The lowest BCUT2D eigenvalue weighted by molar-refractivity contribution is -0.120. The first-order valence-corrected chi connectivity index (χ1v) is 5.62. The Morgan fingerprint density at radius 2 is 2.13 bits per heavy atom. The van der Waals surface area contributed by atoms with Crippen LogP contribution in [0.1, 0.15) is 27.2 Å². The first kappa shape index (κ1) is 12.2. The molecule has 0 atom stereocenters. The van der Waals surface area contributed by atoms with Crippen molar-refractivity contribution in [3.63, 3.8) is 0 Å². The molecule has 1 rings (SSSR count). The summed E-state index contributed by atoms with van der Waals surface area (Å²) in [5.41, 5.74) is -0.452. The molecule has 0 aliphatic rings. The number of rotatable bonds is 4. The molecule has 0 bridgehead atoms. The van der Waals surface area contributed by atoms with E-state index in [2.05, 4.69) is 15.9 Å². The highest BCUT2D eigenvalue weighted by Gasteiger charge is 2.21. The summed E-state index contributed by atoms with van der Waals surface area (Å²) in [6.07, 6.45) is 0.416. The van der Waals surface area contributed by atoms with E-state index in [1.54, 1.807) is 6.92 Å². The van der Waals surface area contributed by atoms with Gasteiger partial charge in [0.1, 0.15) is 17.1 Å². The molecular formula is C12H15BrO2. The van der Waals surface area contributed by atoms with Crippen molar-refractivity contribution in [2.45, 2.75) is 32.8 Å². The molecule has 0 spiro atoms. The summed E-state index contributed by atoms with van der Waals surface area (Å²) in [5, 5.41) is 0. The monoisotopic (exact) mass is 270 g/mol. The van der Waals surface area contributed by atoms with Crippen LogP contribution in [-0.2, 0) is 4.79 Å². The van der Waals surface area contributed by atoms with Crippen LogP contribution in [0.2, 0.25) is 0 Å². The molecule has 0 amide bonds. The van der Waals surface area contributed by atoms with E-state index in [0.29, 0.717) is 6.42 Å². The molecule has 82 valence electrons. The fraction of sp³-hybridized carbons (Fsp3) is 0.417. The number of ketones is 1. The van der Waals surface area contributed by atoms with E-state index in [4.69, 9.17) is 4.74 Å². The summed E-state index contributed by atoms with van der Waals surface area (Å²) < 4.78 is 6.71. The fourth-order valence-corrected chi connectivity index (χ4v) is 1.86. The molecule has 0 radical (unpaired) electrons. The Morgan fingerprint density at radius 3 is 2.67 bits per heavy atom. The molecule has 15 heavy (non-hydrogen) atoms. The Kier molecular flexibility index (Phi) is 3.91. The van der Waals surface area contributed by atoms with E-state index >= 15 is 0 Å². The van der Waals surface area contributed by atoms with Gasteiger partial charge in [0, 0.05) is 10.9 Å². The average molecular weight is 271 g/mol. The van der Waals surface area contributed by atoms with Crippen LogP contribution in [0.5, 0.6) is 5.75 Å². The molecule has 0 fully saturated rings. The number of hydrogen-bond donors (Lipinski definition) is 0. The van der Waals surface area contributed by atoms with Crippen LogP contribution in [-0.4, -0.2) is 11.4 Å². The Labute approximate surface area is 98.8 Å². The van der Waals surface area contributed by atoms with Crippen LogP contribution >= 0.6 is 15.9 Å². The highest BCUT2D eigenvalue weighted by molar-refractivity contribution is 9.10. The van der Waals surface area contributed by atoms with Crippen LogP contribution in [0.4, 0.5) is 0 Å². The highest BCUT2D eigenvalue weighted by atomic mass is 79.9. The second-order valence-electron chi connectivity index (χ2n) is 4.20. The second kappa shape index (κ2) is 4.79. The molecule has 0 aliphatic heterocycles. The maximum absolute atomic E-state index is 11.0. The first-order chi connectivity index (χ1) is 6.89. The van der Waals surface area contributed by atoms with Crippen molar-refractivity contribution in [3.8, 4) is 5.75 Å². The summed E-state index contributed by atoms with van der Waals surface area (Å²) in [6.45, 7) is 5.40. The van der Waals surface area contributed by atoms with E-state index in [0.717, 1.165) is 10.2 Å². The standard InChI is InChI=1S/C12H15BrO2/c1-9(14)8-12(2,3)15-11-6-4-5-10(13)7-11/h4-7H,8H2,1-3H3. The van der Waals surface area contributed by atoms with Crippen LogP contribution in [0, 0.1) is 0 Å². The quantitative estimate of drug-likeness (QED) is 0.836. The van der Waals surface area contributed by atoms with E-state index in [9.17, 15) is 4.79 Å². The van der Waals surface area contributed by atoms with E-state index in [1.807, 2.05) is 38.1 Å². The maximum atomic E-state index is 11.0. The number of halogens is 1. The molecule has 0 aliphatic carbocycles.